The lowest BCUT2D eigenvalue weighted by atomic mass is 9.98. The molecule has 0 aliphatic rings. The third-order valence-electron chi connectivity index (χ3n) is 2.99. The van der Waals surface area contributed by atoms with Crippen LogP contribution >= 0.6 is 0 Å². The fourth-order valence-corrected chi connectivity index (χ4v) is 1.97. The molecule has 0 radical (unpaired) electrons. The van der Waals surface area contributed by atoms with Gasteiger partial charge in [-0.3, -0.25) is 0 Å². The van der Waals surface area contributed by atoms with Gasteiger partial charge in [0.05, 0.1) is 7.11 Å². The Morgan fingerprint density at radius 2 is 1.83 bits per heavy atom. The minimum Gasteiger partial charge on any atom is -0.497 e. The third-order valence-corrected chi connectivity index (χ3v) is 2.99. The number of hydrogen-bond acceptors (Lipinski definition) is 2. The van der Waals surface area contributed by atoms with E-state index in [1.165, 1.54) is 6.07 Å². The second kappa shape index (κ2) is 5.19. The van der Waals surface area contributed by atoms with Gasteiger partial charge >= 0.3 is 0 Å². The molecule has 2 N–H and O–H groups in total. The third kappa shape index (κ3) is 2.36. The average Bonchev–Trinajstić information content (AvgIpc) is 2.39. The molecule has 0 atom stereocenters. The van der Waals surface area contributed by atoms with Crippen molar-refractivity contribution in [2.45, 2.75) is 13.5 Å². The Bertz CT molecular complexity index is 515. The van der Waals surface area contributed by atoms with E-state index in [1.54, 1.807) is 13.2 Å². The SMILES string of the molecule is COc1ccc(-c2ccc(CN)cc2F)c(C)c1. The molecule has 0 fully saturated rings. The van der Waals surface area contributed by atoms with Crippen molar-refractivity contribution in [1.82, 2.24) is 0 Å². The molecule has 0 aliphatic carbocycles. The van der Waals surface area contributed by atoms with E-state index in [4.69, 9.17) is 10.5 Å². The normalized spacial score (nSPS) is 10.4. The van der Waals surface area contributed by atoms with Crippen molar-refractivity contribution in [1.29, 1.82) is 0 Å². The van der Waals surface area contributed by atoms with Crippen LogP contribution in [0.15, 0.2) is 36.4 Å². The van der Waals surface area contributed by atoms with Crippen LogP contribution in [0.2, 0.25) is 0 Å². The van der Waals surface area contributed by atoms with Gasteiger partial charge in [-0.2, -0.15) is 0 Å². The molecule has 0 aromatic heterocycles. The van der Waals surface area contributed by atoms with E-state index < -0.39 is 0 Å². The molecule has 2 nitrogen and oxygen atoms in total. The number of ether oxygens (including phenoxy) is 1. The molecule has 94 valence electrons. The van der Waals surface area contributed by atoms with Gasteiger partial charge in [0.15, 0.2) is 0 Å². The lowest BCUT2D eigenvalue weighted by Crippen LogP contribution is -1.98. The maximum atomic E-state index is 14.0. The van der Waals surface area contributed by atoms with Crippen LogP contribution < -0.4 is 10.5 Å². The summed E-state index contributed by atoms with van der Waals surface area (Å²) in [6.07, 6.45) is 0. The molecule has 0 aliphatic heterocycles. The average molecular weight is 245 g/mol. The molecule has 2 aromatic carbocycles. The predicted octanol–water partition coefficient (Wildman–Crippen LogP) is 3.27. The Kier molecular flexibility index (Phi) is 3.63. The summed E-state index contributed by atoms with van der Waals surface area (Å²) in [5, 5.41) is 0. The largest absolute Gasteiger partial charge is 0.497 e. The zero-order valence-corrected chi connectivity index (χ0v) is 10.5. The van der Waals surface area contributed by atoms with Crippen LogP contribution in [-0.2, 0) is 6.54 Å². The molecule has 0 amide bonds. The summed E-state index contributed by atoms with van der Waals surface area (Å²) in [7, 11) is 1.62. The molecule has 0 heterocycles. The molecule has 0 saturated heterocycles. The summed E-state index contributed by atoms with van der Waals surface area (Å²) in [5.74, 6) is 0.529. The van der Waals surface area contributed by atoms with Crippen LogP contribution in [0.5, 0.6) is 5.75 Å². The number of methoxy groups -OCH3 is 1. The van der Waals surface area contributed by atoms with E-state index in [2.05, 4.69) is 0 Å². The lowest BCUT2D eigenvalue weighted by molar-refractivity contribution is 0.414. The van der Waals surface area contributed by atoms with E-state index in [0.717, 1.165) is 22.4 Å². The van der Waals surface area contributed by atoms with Crippen LogP contribution in [0.1, 0.15) is 11.1 Å². The molecule has 2 rings (SSSR count). The monoisotopic (exact) mass is 245 g/mol. The first-order valence-electron chi connectivity index (χ1n) is 5.79. The minimum atomic E-state index is -0.244. The molecule has 0 spiro atoms. The van der Waals surface area contributed by atoms with Crippen LogP contribution in [0.3, 0.4) is 0 Å². The fraction of sp³-hybridized carbons (Fsp3) is 0.200. The van der Waals surface area contributed by atoms with Gasteiger partial charge in [-0.1, -0.05) is 18.2 Å². The summed E-state index contributed by atoms with van der Waals surface area (Å²) >= 11 is 0. The maximum absolute atomic E-state index is 14.0. The van der Waals surface area contributed by atoms with Crippen LogP contribution in [0.25, 0.3) is 11.1 Å². The van der Waals surface area contributed by atoms with Gasteiger partial charge in [-0.25, -0.2) is 4.39 Å². The number of nitrogens with two attached hydrogens (primary N) is 1. The Morgan fingerprint density at radius 1 is 1.11 bits per heavy atom. The summed E-state index contributed by atoms with van der Waals surface area (Å²) in [5.41, 5.74) is 8.73. The first kappa shape index (κ1) is 12.6. The van der Waals surface area contributed by atoms with Crippen molar-refractivity contribution < 1.29 is 9.13 Å². The van der Waals surface area contributed by atoms with E-state index >= 15 is 0 Å². The smallest absolute Gasteiger partial charge is 0.131 e. The second-order valence-electron chi connectivity index (χ2n) is 4.20. The molecule has 3 heteroatoms. The van der Waals surface area contributed by atoms with E-state index in [-0.39, 0.29) is 5.82 Å². The highest BCUT2D eigenvalue weighted by Gasteiger charge is 2.09. The van der Waals surface area contributed by atoms with Gasteiger partial charge < -0.3 is 10.5 Å². The number of halogens is 1. The standard InChI is InChI=1S/C15H16FNO/c1-10-7-12(18-2)4-6-13(10)14-5-3-11(9-17)8-15(14)16/h3-8H,9,17H2,1-2H3. The minimum absolute atomic E-state index is 0.244. The number of hydrogen-bond donors (Lipinski definition) is 1. The van der Waals surface area contributed by atoms with Crippen molar-refractivity contribution in [3.8, 4) is 16.9 Å². The zero-order chi connectivity index (χ0) is 13.1. The van der Waals surface area contributed by atoms with Crippen LogP contribution in [-0.4, -0.2) is 7.11 Å². The number of benzene rings is 2. The quantitative estimate of drug-likeness (QED) is 0.900. The molecule has 18 heavy (non-hydrogen) atoms. The predicted molar refractivity (Wildman–Crippen MR) is 71.0 cm³/mol. The fourth-order valence-electron chi connectivity index (χ4n) is 1.97. The maximum Gasteiger partial charge on any atom is 0.131 e. The van der Waals surface area contributed by atoms with Gasteiger partial charge in [0.1, 0.15) is 11.6 Å². The van der Waals surface area contributed by atoms with Crippen LogP contribution in [0.4, 0.5) is 4.39 Å². The summed E-state index contributed by atoms with van der Waals surface area (Å²) < 4.78 is 19.1. The Hall–Kier alpha value is -1.87. The van der Waals surface area contributed by atoms with Crippen molar-refractivity contribution in [3.05, 3.63) is 53.3 Å². The molecular formula is C15H16FNO. The molecule has 0 saturated carbocycles. The molecular weight excluding hydrogens is 229 g/mol. The van der Waals surface area contributed by atoms with E-state index in [1.807, 2.05) is 31.2 Å². The number of aryl methyl sites for hydroxylation is 1. The van der Waals surface area contributed by atoms with Gasteiger partial charge in [-0.15, -0.1) is 0 Å². The first-order valence-corrected chi connectivity index (χ1v) is 5.79. The van der Waals surface area contributed by atoms with E-state index in [9.17, 15) is 4.39 Å². The van der Waals surface area contributed by atoms with Gasteiger partial charge in [-0.05, 0) is 41.8 Å². The van der Waals surface area contributed by atoms with Crippen molar-refractivity contribution >= 4 is 0 Å². The van der Waals surface area contributed by atoms with Gasteiger partial charge in [0.25, 0.3) is 0 Å². The van der Waals surface area contributed by atoms with Gasteiger partial charge in [0, 0.05) is 12.1 Å². The molecule has 0 unspecified atom stereocenters. The first-order chi connectivity index (χ1) is 8.65. The Morgan fingerprint density at radius 3 is 2.39 bits per heavy atom. The van der Waals surface area contributed by atoms with Crippen LogP contribution in [0, 0.1) is 12.7 Å². The highest BCUT2D eigenvalue weighted by molar-refractivity contribution is 5.69. The summed E-state index contributed by atoms with van der Waals surface area (Å²) in [6.45, 7) is 2.28. The zero-order valence-electron chi connectivity index (χ0n) is 10.5. The lowest BCUT2D eigenvalue weighted by Gasteiger charge is -2.10. The van der Waals surface area contributed by atoms with Crippen molar-refractivity contribution in [2.24, 2.45) is 5.73 Å². The summed E-state index contributed by atoms with van der Waals surface area (Å²) in [4.78, 5) is 0. The molecule has 2 aromatic rings. The van der Waals surface area contributed by atoms with Crippen molar-refractivity contribution in [2.75, 3.05) is 7.11 Å². The second-order valence-corrected chi connectivity index (χ2v) is 4.20. The van der Waals surface area contributed by atoms with Crippen molar-refractivity contribution in [3.63, 3.8) is 0 Å². The highest BCUT2D eigenvalue weighted by Crippen LogP contribution is 2.29. The Balaban J connectivity index is 2.48. The Labute approximate surface area is 106 Å². The molecule has 0 bridgehead atoms. The van der Waals surface area contributed by atoms with Gasteiger partial charge in [0.2, 0.25) is 0 Å². The highest BCUT2D eigenvalue weighted by atomic mass is 19.1. The summed E-state index contributed by atoms with van der Waals surface area (Å²) in [6, 6.07) is 10.7. The number of rotatable bonds is 3. The topological polar surface area (TPSA) is 35.2 Å². The van der Waals surface area contributed by atoms with E-state index in [0.29, 0.717) is 12.1 Å².